The molecule has 0 aromatic heterocycles. The Hall–Kier alpha value is -3.87. The predicted octanol–water partition coefficient (Wildman–Crippen LogP) is 7.78. The van der Waals surface area contributed by atoms with Gasteiger partial charge in [-0.2, -0.15) is 0 Å². The molecule has 3 aliphatic rings. The number of rotatable bonds is 3. The average Bonchev–Trinajstić information content (AvgIpc) is 3.23. The number of phenolic OH excluding ortho intramolecular Hbond substituents is 1. The number of hydrogen-bond acceptors (Lipinski definition) is 6. The molecule has 2 aromatic rings. The first-order valence-corrected chi connectivity index (χ1v) is 15.5. The van der Waals surface area contributed by atoms with E-state index in [1.54, 1.807) is 29.8 Å². The Morgan fingerprint density at radius 3 is 2.23 bits per heavy atom. The molecule has 1 fully saturated rings. The highest BCUT2D eigenvalue weighted by Crippen LogP contribution is 2.42. The number of aryl methyl sites for hydroxylation is 1. The first-order chi connectivity index (χ1) is 20.6. The Morgan fingerprint density at radius 2 is 1.70 bits per heavy atom. The summed E-state index contributed by atoms with van der Waals surface area (Å²) in [4.78, 5) is 33.5. The van der Waals surface area contributed by atoms with E-state index in [4.69, 9.17) is 15.3 Å². The number of carbonyl (C=O) groups excluding carboxylic acids is 3. The van der Waals surface area contributed by atoms with Crippen LogP contribution in [-0.2, 0) is 14.3 Å². The van der Waals surface area contributed by atoms with Crippen LogP contribution in [0.5, 0.6) is 5.75 Å². The Labute approximate surface area is 257 Å². The number of allylic oxidation sites excluding steroid dienone is 2. The SMILES string of the molecule is CC1=CCCCC1.CC=O.CCC.COC(=O)c1cccc(-c2cc(C)c(C3=C(N)C4(CCCCC4)NC3=O)cc2O)c1. The molecule has 1 heterocycles. The van der Waals surface area contributed by atoms with Crippen molar-refractivity contribution in [3.8, 4) is 16.9 Å². The second-order valence-corrected chi connectivity index (χ2v) is 11.4. The molecular formula is C36H50N2O5. The van der Waals surface area contributed by atoms with E-state index in [0.29, 0.717) is 33.5 Å². The van der Waals surface area contributed by atoms with Crippen LogP contribution in [0, 0.1) is 6.92 Å². The summed E-state index contributed by atoms with van der Waals surface area (Å²) in [6.07, 6.45) is 14.8. The first kappa shape index (κ1) is 35.3. The monoisotopic (exact) mass is 590 g/mol. The first-order valence-electron chi connectivity index (χ1n) is 15.5. The average molecular weight is 591 g/mol. The van der Waals surface area contributed by atoms with Crippen molar-refractivity contribution in [3.63, 3.8) is 0 Å². The molecule has 7 heteroatoms. The molecule has 1 saturated carbocycles. The van der Waals surface area contributed by atoms with Gasteiger partial charge in [0.25, 0.3) is 5.91 Å². The number of ether oxygens (including phenoxy) is 1. The van der Waals surface area contributed by atoms with Crippen molar-refractivity contribution in [2.24, 2.45) is 5.73 Å². The van der Waals surface area contributed by atoms with E-state index >= 15 is 0 Å². The minimum Gasteiger partial charge on any atom is -0.507 e. The highest BCUT2D eigenvalue weighted by Gasteiger charge is 2.45. The maximum atomic E-state index is 12.8. The zero-order valence-electron chi connectivity index (χ0n) is 26.8. The van der Waals surface area contributed by atoms with Gasteiger partial charge < -0.3 is 25.7 Å². The third-order valence-electron chi connectivity index (χ3n) is 7.80. The van der Waals surface area contributed by atoms with Gasteiger partial charge in [0.1, 0.15) is 12.0 Å². The molecule has 2 aromatic carbocycles. The largest absolute Gasteiger partial charge is 0.507 e. The number of phenols is 1. The second kappa shape index (κ2) is 17.3. The van der Waals surface area contributed by atoms with Crippen molar-refractivity contribution in [1.29, 1.82) is 0 Å². The number of nitrogens with two attached hydrogens (primary N) is 1. The fourth-order valence-corrected chi connectivity index (χ4v) is 5.65. The van der Waals surface area contributed by atoms with Gasteiger partial charge in [-0.05, 0) is 100 Å². The fourth-order valence-electron chi connectivity index (χ4n) is 5.65. The molecule has 0 atom stereocenters. The summed E-state index contributed by atoms with van der Waals surface area (Å²) in [6.45, 7) is 9.81. The summed E-state index contributed by atoms with van der Waals surface area (Å²) in [6, 6.07) is 10.3. The van der Waals surface area contributed by atoms with Gasteiger partial charge in [-0.1, -0.05) is 63.3 Å². The lowest BCUT2D eigenvalue weighted by Gasteiger charge is -2.34. The lowest BCUT2D eigenvalue weighted by atomic mass is 9.79. The molecule has 1 aliphatic heterocycles. The molecule has 1 amide bonds. The summed E-state index contributed by atoms with van der Waals surface area (Å²) in [5.74, 6) is -0.601. The normalized spacial score (nSPS) is 16.7. The smallest absolute Gasteiger partial charge is 0.337 e. The van der Waals surface area contributed by atoms with Crippen LogP contribution in [0.1, 0.15) is 113 Å². The molecule has 0 unspecified atom stereocenters. The van der Waals surface area contributed by atoms with Gasteiger partial charge in [0.2, 0.25) is 0 Å². The van der Waals surface area contributed by atoms with Crippen LogP contribution >= 0.6 is 0 Å². The predicted molar refractivity (Wildman–Crippen MR) is 175 cm³/mol. The Kier molecular flexibility index (Phi) is 14.2. The van der Waals surface area contributed by atoms with E-state index < -0.39 is 11.5 Å². The van der Waals surface area contributed by atoms with E-state index in [1.165, 1.54) is 46.1 Å². The van der Waals surface area contributed by atoms with Crippen molar-refractivity contribution < 1.29 is 24.2 Å². The summed E-state index contributed by atoms with van der Waals surface area (Å²) in [7, 11) is 1.33. The van der Waals surface area contributed by atoms with Crippen LogP contribution < -0.4 is 11.1 Å². The standard InChI is InChI=1S/C24H26N2O4.C7H12.C3H8.C2H4O/c1-14-11-18(15-7-6-8-16(12-15)23(29)30-2)19(27)13-17(14)20-21(25)24(26-22(20)28)9-4-3-5-10-24;1-7-5-3-2-4-6-7;1-3-2;1-2-3/h6-8,11-13,27H,3-5,9-10,25H2,1-2H3,(H,26,28);5H,2-4,6H2,1H3;3H2,1-2H3;2H,1H3. The molecule has 234 valence electrons. The maximum absolute atomic E-state index is 12.8. The molecule has 5 rings (SSSR count). The van der Waals surface area contributed by atoms with E-state index in [-0.39, 0.29) is 11.7 Å². The number of carbonyl (C=O) groups is 3. The van der Waals surface area contributed by atoms with Crippen LogP contribution in [0.3, 0.4) is 0 Å². The molecular weight excluding hydrogens is 540 g/mol. The molecule has 4 N–H and O–H groups in total. The Balaban J connectivity index is 0.000000415. The number of benzene rings is 2. The van der Waals surface area contributed by atoms with Crippen molar-refractivity contribution >= 4 is 23.7 Å². The second-order valence-electron chi connectivity index (χ2n) is 11.4. The van der Waals surface area contributed by atoms with Crippen LogP contribution in [-0.4, -0.2) is 35.9 Å². The van der Waals surface area contributed by atoms with Crippen LogP contribution in [0.15, 0.2) is 53.7 Å². The lowest BCUT2D eigenvalue weighted by Crippen LogP contribution is -2.47. The number of methoxy groups -OCH3 is 1. The topological polar surface area (TPSA) is 119 Å². The summed E-state index contributed by atoms with van der Waals surface area (Å²) < 4.78 is 4.78. The van der Waals surface area contributed by atoms with Gasteiger partial charge >= 0.3 is 5.97 Å². The van der Waals surface area contributed by atoms with Gasteiger partial charge in [-0.15, -0.1) is 0 Å². The molecule has 43 heavy (non-hydrogen) atoms. The van der Waals surface area contributed by atoms with Gasteiger partial charge in [0, 0.05) is 11.3 Å². The number of aromatic hydroxyl groups is 1. The van der Waals surface area contributed by atoms with Crippen molar-refractivity contribution in [2.75, 3.05) is 7.11 Å². The van der Waals surface area contributed by atoms with Gasteiger partial charge in [-0.25, -0.2) is 4.79 Å². The number of hydrogen-bond donors (Lipinski definition) is 3. The third-order valence-corrected chi connectivity index (χ3v) is 7.80. The van der Waals surface area contributed by atoms with Crippen molar-refractivity contribution in [1.82, 2.24) is 5.32 Å². The number of esters is 1. The third kappa shape index (κ3) is 9.31. The van der Waals surface area contributed by atoms with E-state index in [9.17, 15) is 14.7 Å². The minimum absolute atomic E-state index is 0.0234. The molecule has 0 radical (unpaired) electrons. The highest BCUT2D eigenvalue weighted by molar-refractivity contribution is 6.24. The van der Waals surface area contributed by atoms with E-state index in [0.717, 1.165) is 44.0 Å². The summed E-state index contributed by atoms with van der Waals surface area (Å²) in [5, 5.41) is 13.9. The van der Waals surface area contributed by atoms with E-state index in [1.807, 2.05) is 19.1 Å². The summed E-state index contributed by atoms with van der Waals surface area (Å²) >= 11 is 0. The van der Waals surface area contributed by atoms with Crippen LogP contribution in [0.4, 0.5) is 0 Å². The van der Waals surface area contributed by atoms with Crippen molar-refractivity contribution in [3.05, 3.63) is 70.4 Å². The molecule has 0 bridgehead atoms. The fraction of sp³-hybridized carbons (Fsp3) is 0.472. The number of amides is 1. The molecule has 2 aliphatic carbocycles. The van der Waals surface area contributed by atoms with Crippen molar-refractivity contribution in [2.45, 2.75) is 104 Å². The van der Waals surface area contributed by atoms with Gasteiger partial charge in [0.15, 0.2) is 0 Å². The number of nitrogens with one attached hydrogen (secondary N) is 1. The minimum atomic E-state index is -0.458. The molecule has 7 nitrogen and oxygen atoms in total. The highest BCUT2D eigenvalue weighted by atomic mass is 16.5. The zero-order chi connectivity index (χ0) is 32.0. The van der Waals surface area contributed by atoms with Crippen LogP contribution in [0.2, 0.25) is 0 Å². The summed E-state index contributed by atoms with van der Waals surface area (Å²) in [5.41, 5.74) is 11.8. The Morgan fingerprint density at radius 1 is 1.05 bits per heavy atom. The van der Waals surface area contributed by atoms with E-state index in [2.05, 4.69) is 32.2 Å². The van der Waals surface area contributed by atoms with Gasteiger partial charge in [0.05, 0.1) is 23.8 Å². The van der Waals surface area contributed by atoms with Gasteiger partial charge in [-0.3, -0.25) is 4.79 Å². The quantitative estimate of drug-likeness (QED) is 0.191. The maximum Gasteiger partial charge on any atom is 0.337 e. The molecule has 0 saturated heterocycles. The molecule has 1 spiro atoms. The van der Waals surface area contributed by atoms with Crippen LogP contribution in [0.25, 0.3) is 16.7 Å². The zero-order valence-corrected chi connectivity index (χ0v) is 26.8. The Bertz CT molecular complexity index is 1320. The lowest BCUT2D eigenvalue weighted by molar-refractivity contribution is -0.116. The number of aldehydes is 1.